The summed E-state index contributed by atoms with van der Waals surface area (Å²) in [6.45, 7) is 2.91. The second-order valence-electron chi connectivity index (χ2n) is 8.76. The van der Waals surface area contributed by atoms with E-state index in [1.165, 1.54) is 12.1 Å². The van der Waals surface area contributed by atoms with Crippen molar-refractivity contribution >= 4 is 16.9 Å². The molecular formula is C30H26F3O3S+. The zero-order valence-electron chi connectivity index (χ0n) is 20.4. The molecule has 0 bridgehead atoms. The molecule has 37 heavy (non-hydrogen) atoms. The molecule has 0 spiro atoms. The average molecular weight is 524 g/mol. The van der Waals surface area contributed by atoms with Crippen LogP contribution >= 0.6 is 0 Å². The molecule has 0 saturated carbocycles. The van der Waals surface area contributed by atoms with E-state index >= 15 is 0 Å². The molecule has 0 fully saturated rings. The summed E-state index contributed by atoms with van der Waals surface area (Å²) in [5.74, 6) is -0.105. The molecule has 0 N–H and O–H groups in total. The van der Waals surface area contributed by atoms with E-state index in [-0.39, 0.29) is 17.5 Å². The van der Waals surface area contributed by atoms with Gasteiger partial charge in [-0.3, -0.25) is 0 Å². The van der Waals surface area contributed by atoms with Gasteiger partial charge in [-0.1, -0.05) is 54.6 Å². The molecule has 4 aromatic carbocycles. The number of carbonyl (C=O) groups is 1. The minimum absolute atomic E-state index is 0.335. The first-order valence-electron chi connectivity index (χ1n) is 11.6. The Morgan fingerprint density at radius 3 is 1.76 bits per heavy atom. The number of hydrogen-bond donors (Lipinski definition) is 0. The SMILES string of the molecule is CC(C)(OC(=O)COc1cccc([S+](c2ccccc2)c2ccccc2)c1)c1ccc(C(F)(F)F)cc1. The van der Waals surface area contributed by atoms with Crippen LogP contribution in [0.3, 0.4) is 0 Å². The number of carbonyl (C=O) groups excluding carboxylic acids is 1. The number of ether oxygens (including phenoxy) is 2. The van der Waals surface area contributed by atoms with Crippen molar-refractivity contribution in [2.45, 2.75) is 40.3 Å². The van der Waals surface area contributed by atoms with Crippen molar-refractivity contribution in [3.8, 4) is 5.75 Å². The number of hydrogen-bond acceptors (Lipinski definition) is 3. The zero-order valence-corrected chi connectivity index (χ0v) is 21.2. The standard InChI is InChI=1S/C30H26F3O3S/c1-29(2,22-16-18-23(19-17-22)30(31,32)33)36-28(34)21-35-24-10-9-15-27(20-24)37(25-11-5-3-6-12-25)26-13-7-4-8-14-26/h3-20H,21H2,1-2H3/q+1. The van der Waals surface area contributed by atoms with Crippen molar-refractivity contribution in [1.29, 1.82) is 0 Å². The largest absolute Gasteiger partial charge is 0.482 e. The fraction of sp³-hybridized carbons (Fsp3) is 0.167. The average Bonchev–Trinajstić information content (AvgIpc) is 2.89. The summed E-state index contributed by atoms with van der Waals surface area (Å²) in [7, 11) is -0.365. The molecule has 7 heteroatoms. The van der Waals surface area contributed by atoms with Gasteiger partial charge in [0.1, 0.15) is 11.4 Å². The van der Waals surface area contributed by atoms with E-state index in [4.69, 9.17) is 9.47 Å². The molecule has 0 atom stereocenters. The van der Waals surface area contributed by atoms with Gasteiger partial charge >= 0.3 is 12.1 Å². The van der Waals surface area contributed by atoms with Crippen molar-refractivity contribution in [2.24, 2.45) is 0 Å². The maximum absolute atomic E-state index is 12.9. The second-order valence-corrected chi connectivity index (χ2v) is 10.8. The van der Waals surface area contributed by atoms with Gasteiger partial charge in [0.2, 0.25) is 0 Å². The Hall–Kier alpha value is -3.71. The quantitative estimate of drug-likeness (QED) is 0.176. The van der Waals surface area contributed by atoms with Crippen molar-refractivity contribution in [3.05, 3.63) is 120 Å². The molecule has 0 heterocycles. The van der Waals surface area contributed by atoms with Gasteiger partial charge < -0.3 is 9.47 Å². The van der Waals surface area contributed by atoms with Crippen LogP contribution in [0.1, 0.15) is 25.0 Å². The highest BCUT2D eigenvalue weighted by atomic mass is 32.2. The van der Waals surface area contributed by atoms with Gasteiger partial charge in [-0.25, -0.2) is 4.79 Å². The van der Waals surface area contributed by atoms with Gasteiger partial charge in [-0.15, -0.1) is 0 Å². The number of benzene rings is 4. The van der Waals surface area contributed by atoms with Crippen LogP contribution in [0.4, 0.5) is 13.2 Å². The first-order chi connectivity index (χ1) is 17.6. The predicted octanol–water partition coefficient (Wildman–Crippen LogP) is 7.66. The van der Waals surface area contributed by atoms with Crippen LogP contribution in [0.25, 0.3) is 0 Å². The molecule has 190 valence electrons. The summed E-state index contributed by atoms with van der Waals surface area (Å²) in [6.07, 6.45) is -4.43. The lowest BCUT2D eigenvalue weighted by Gasteiger charge is -2.26. The maximum atomic E-state index is 12.9. The lowest BCUT2D eigenvalue weighted by Crippen LogP contribution is -2.28. The third kappa shape index (κ3) is 6.74. The molecule has 0 saturated heterocycles. The van der Waals surface area contributed by atoms with E-state index in [1.807, 2.05) is 54.6 Å². The lowest BCUT2D eigenvalue weighted by molar-refractivity contribution is -0.160. The normalized spacial score (nSPS) is 11.8. The van der Waals surface area contributed by atoms with Gasteiger partial charge in [0.25, 0.3) is 0 Å². The molecule has 0 aliphatic heterocycles. The van der Waals surface area contributed by atoms with Crippen LogP contribution < -0.4 is 4.74 Å². The number of halogens is 3. The lowest BCUT2D eigenvalue weighted by atomic mass is 9.97. The highest BCUT2D eigenvalue weighted by Gasteiger charge is 2.32. The molecule has 0 amide bonds. The summed E-state index contributed by atoms with van der Waals surface area (Å²) in [5, 5.41) is 0. The van der Waals surface area contributed by atoms with Crippen molar-refractivity contribution in [2.75, 3.05) is 6.61 Å². The first-order valence-corrected chi connectivity index (χ1v) is 12.8. The Morgan fingerprint density at radius 2 is 1.22 bits per heavy atom. The highest BCUT2D eigenvalue weighted by Crippen LogP contribution is 2.34. The molecule has 0 aliphatic carbocycles. The smallest absolute Gasteiger partial charge is 0.416 e. The molecule has 0 radical (unpaired) electrons. The Labute approximate surface area is 217 Å². The molecule has 0 unspecified atom stereocenters. The van der Waals surface area contributed by atoms with Gasteiger partial charge in [-0.2, -0.15) is 13.2 Å². The van der Waals surface area contributed by atoms with Crippen LogP contribution in [0.2, 0.25) is 0 Å². The Morgan fingerprint density at radius 1 is 0.703 bits per heavy atom. The van der Waals surface area contributed by atoms with Crippen LogP contribution in [-0.2, 0) is 32.2 Å². The topological polar surface area (TPSA) is 35.5 Å². The van der Waals surface area contributed by atoms with Gasteiger partial charge in [0.05, 0.1) is 16.5 Å². The fourth-order valence-electron chi connectivity index (χ4n) is 3.79. The molecule has 0 aliphatic rings. The minimum Gasteiger partial charge on any atom is -0.482 e. The minimum atomic E-state index is -4.43. The molecule has 3 nitrogen and oxygen atoms in total. The molecular weight excluding hydrogens is 497 g/mol. The first kappa shape index (κ1) is 26.4. The van der Waals surface area contributed by atoms with E-state index in [0.29, 0.717) is 11.3 Å². The van der Waals surface area contributed by atoms with E-state index in [2.05, 4.69) is 24.3 Å². The molecule has 0 aromatic heterocycles. The van der Waals surface area contributed by atoms with E-state index in [1.54, 1.807) is 19.9 Å². The van der Waals surface area contributed by atoms with Gasteiger partial charge in [0.15, 0.2) is 21.3 Å². The van der Waals surface area contributed by atoms with Gasteiger partial charge in [-0.05, 0) is 67.9 Å². The molecule has 4 rings (SSSR count). The second kappa shape index (κ2) is 11.1. The number of esters is 1. The van der Waals surface area contributed by atoms with Crippen molar-refractivity contribution in [1.82, 2.24) is 0 Å². The Bertz CT molecular complexity index is 1280. The van der Waals surface area contributed by atoms with Crippen LogP contribution in [-0.4, -0.2) is 12.6 Å². The van der Waals surface area contributed by atoms with Crippen molar-refractivity contribution < 1.29 is 27.4 Å². The monoisotopic (exact) mass is 523 g/mol. The summed E-state index contributed by atoms with van der Waals surface area (Å²) < 4.78 is 49.9. The van der Waals surface area contributed by atoms with Crippen LogP contribution in [0.15, 0.2) is 124 Å². The summed E-state index contributed by atoms with van der Waals surface area (Å²) in [5.41, 5.74) is -1.43. The predicted molar refractivity (Wildman–Crippen MR) is 138 cm³/mol. The van der Waals surface area contributed by atoms with Crippen LogP contribution in [0, 0.1) is 0 Å². The number of alkyl halides is 3. The summed E-state index contributed by atoms with van der Waals surface area (Å²) in [4.78, 5) is 15.9. The van der Waals surface area contributed by atoms with Gasteiger partial charge in [0, 0.05) is 6.07 Å². The van der Waals surface area contributed by atoms with E-state index in [9.17, 15) is 18.0 Å². The van der Waals surface area contributed by atoms with Crippen LogP contribution in [0.5, 0.6) is 5.75 Å². The number of rotatable bonds is 8. The third-order valence-corrected chi connectivity index (χ3v) is 7.84. The summed E-state index contributed by atoms with van der Waals surface area (Å²) in [6, 6.07) is 32.5. The van der Waals surface area contributed by atoms with Crippen molar-refractivity contribution in [3.63, 3.8) is 0 Å². The highest BCUT2D eigenvalue weighted by molar-refractivity contribution is 7.97. The zero-order chi connectivity index (χ0) is 26.5. The fourth-order valence-corrected chi connectivity index (χ4v) is 5.91. The van der Waals surface area contributed by atoms with E-state index < -0.39 is 23.3 Å². The Balaban J connectivity index is 1.46. The third-order valence-electron chi connectivity index (χ3n) is 5.63. The Kier molecular flexibility index (Phi) is 7.93. The van der Waals surface area contributed by atoms with E-state index in [0.717, 1.165) is 26.8 Å². The maximum Gasteiger partial charge on any atom is 0.416 e. The molecule has 4 aromatic rings. The summed E-state index contributed by atoms with van der Waals surface area (Å²) >= 11 is 0.